The minimum Gasteiger partial charge on any atom is -0.456 e. The van der Waals surface area contributed by atoms with E-state index in [0.29, 0.717) is 0 Å². The van der Waals surface area contributed by atoms with Crippen molar-refractivity contribution in [2.24, 2.45) is 0 Å². The van der Waals surface area contributed by atoms with E-state index in [-0.39, 0.29) is 0 Å². The van der Waals surface area contributed by atoms with Gasteiger partial charge < -0.3 is 13.6 Å². The summed E-state index contributed by atoms with van der Waals surface area (Å²) in [5, 5.41) is 7.23. The number of nitrogens with zero attached hydrogens (tertiary/aromatic N) is 2. The molecule has 0 radical (unpaired) electrons. The maximum Gasteiger partial charge on any atom is 0.135 e. The Labute approximate surface area is 307 Å². The summed E-state index contributed by atoms with van der Waals surface area (Å²) < 4.78 is 11.0. The normalized spacial score (nSPS) is 11.6. The molecular weight excluding hydrogens is 645 g/mol. The van der Waals surface area contributed by atoms with Crippen molar-refractivity contribution in [2.45, 2.75) is 13.8 Å². The van der Waals surface area contributed by atoms with Gasteiger partial charge in [0, 0.05) is 43.6 Å². The van der Waals surface area contributed by atoms with Gasteiger partial charge in [-0.05, 0) is 83.4 Å². The Bertz CT molecular complexity index is 3140. The van der Waals surface area contributed by atoms with Crippen molar-refractivity contribution in [3.8, 4) is 33.6 Å². The zero-order valence-corrected chi connectivity index (χ0v) is 29.6. The average molecular weight is 681 g/mol. The fraction of sp³-hybridized carbons (Fsp3) is 0.0400. The molecule has 0 aliphatic heterocycles. The summed E-state index contributed by atoms with van der Waals surface area (Å²) in [6.45, 7) is 4.00. The van der Waals surface area contributed by atoms with Crippen LogP contribution in [0.3, 0.4) is 0 Å². The molecule has 3 heterocycles. The number of hydrogen-bond donors (Lipinski definition) is 0. The number of furan rings is 1. The Morgan fingerprint density at radius 3 is 1.58 bits per heavy atom. The van der Waals surface area contributed by atoms with Gasteiger partial charge in [-0.25, -0.2) is 0 Å². The Balaban J connectivity index is 0.00000172. The van der Waals surface area contributed by atoms with Crippen molar-refractivity contribution < 1.29 is 4.42 Å². The molecule has 0 N–H and O–H groups in total. The van der Waals surface area contributed by atoms with Crippen LogP contribution < -0.4 is 0 Å². The van der Waals surface area contributed by atoms with Gasteiger partial charge in [0.2, 0.25) is 0 Å². The van der Waals surface area contributed by atoms with Gasteiger partial charge >= 0.3 is 0 Å². The van der Waals surface area contributed by atoms with Crippen LogP contribution in [0, 0.1) is 0 Å². The van der Waals surface area contributed by atoms with E-state index >= 15 is 0 Å². The molecule has 0 spiro atoms. The molecule has 53 heavy (non-hydrogen) atoms. The highest BCUT2D eigenvalue weighted by atomic mass is 16.3. The van der Waals surface area contributed by atoms with E-state index < -0.39 is 0 Å². The SMILES string of the molecule is CC.c1ccc(-c2ccccc2-n2c3ccccc3c3cc(-c4ccc5c(c4)c4ccccc4n5-c4ccc5oc6ccccc6c5c4)ccc32)cc1. The van der Waals surface area contributed by atoms with E-state index in [1.807, 2.05) is 26.0 Å². The average Bonchev–Trinajstić information content (AvgIpc) is 3.89. The van der Waals surface area contributed by atoms with E-state index in [4.69, 9.17) is 4.42 Å². The third kappa shape index (κ3) is 4.82. The molecule has 11 aromatic rings. The lowest BCUT2D eigenvalue weighted by Crippen LogP contribution is -1.97. The summed E-state index contributed by atoms with van der Waals surface area (Å²) in [5.41, 5.74) is 13.7. The molecule has 0 unspecified atom stereocenters. The monoisotopic (exact) mass is 680 g/mol. The number of hydrogen-bond acceptors (Lipinski definition) is 1. The summed E-state index contributed by atoms with van der Waals surface area (Å²) >= 11 is 0. The maximum atomic E-state index is 6.16. The first-order chi connectivity index (χ1) is 26.3. The van der Waals surface area contributed by atoms with Crippen molar-refractivity contribution in [3.63, 3.8) is 0 Å². The van der Waals surface area contributed by atoms with Crippen LogP contribution in [0.15, 0.2) is 186 Å². The largest absolute Gasteiger partial charge is 0.456 e. The van der Waals surface area contributed by atoms with Crippen LogP contribution in [0.5, 0.6) is 0 Å². The van der Waals surface area contributed by atoms with Gasteiger partial charge in [0.05, 0.1) is 27.8 Å². The van der Waals surface area contributed by atoms with E-state index in [1.165, 1.54) is 71.6 Å². The van der Waals surface area contributed by atoms with E-state index in [1.54, 1.807) is 0 Å². The van der Waals surface area contributed by atoms with Crippen LogP contribution in [0.1, 0.15) is 13.8 Å². The Morgan fingerprint density at radius 2 is 0.868 bits per heavy atom. The summed E-state index contributed by atoms with van der Waals surface area (Å²) in [6.07, 6.45) is 0. The minimum absolute atomic E-state index is 0.906. The number of benzene rings is 8. The van der Waals surface area contributed by atoms with Crippen LogP contribution in [-0.2, 0) is 0 Å². The summed E-state index contributed by atoms with van der Waals surface area (Å²) in [4.78, 5) is 0. The number of para-hydroxylation sites is 4. The molecule has 0 fully saturated rings. The highest BCUT2D eigenvalue weighted by Gasteiger charge is 2.18. The second-order valence-corrected chi connectivity index (χ2v) is 13.3. The predicted octanol–water partition coefficient (Wildman–Crippen LogP) is 14.1. The molecule has 0 saturated heterocycles. The van der Waals surface area contributed by atoms with Gasteiger partial charge in [-0.15, -0.1) is 0 Å². The summed E-state index contributed by atoms with van der Waals surface area (Å²) in [5.74, 6) is 0. The fourth-order valence-electron chi connectivity index (χ4n) is 8.23. The van der Waals surface area contributed by atoms with Crippen molar-refractivity contribution in [1.82, 2.24) is 9.13 Å². The Hall–Kier alpha value is -6.84. The molecule has 0 aliphatic rings. The maximum absolute atomic E-state index is 6.16. The van der Waals surface area contributed by atoms with Crippen LogP contribution in [0.4, 0.5) is 0 Å². The summed E-state index contributed by atoms with van der Waals surface area (Å²) in [7, 11) is 0. The lowest BCUT2D eigenvalue weighted by Gasteiger charge is -2.14. The van der Waals surface area contributed by atoms with Crippen LogP contribution in [0.2, 0.25) is 0 Å². The third-order valence-corrected chi connectivity index (χ3v) is 10.5. The van der Waals surface area contributed by atoms with Crippen molar-refractivity contribution >= 4 is 65.6 Å². The first-order valence-corrected chi connectivity index (χ1v) is 18.4. The van der Waals surface area contributed by atoms with Crippen molar-refractivity contribution in [3.05, 3.63) is 182 Å². The molecule has 0 atom stereocenters. The second-order valence-electron chi connectivity index (χ2n) is 13.3. The Morgan fingerprint density at radius 1 is 0.340 bits per heavy atom. The molecule has 252 valence electrons. The molecule has 8 aromatic carbocycles. The van der Waals surface area contributed by atoms with E-state index in [9.17, 15) is 0 Å². The zero-order chi connectivity index (χ0) is 35.5. The molecule has 3 heteroatoms. The van der Waals surface area contributed by atoms with Gasteiger partial charge in [-0.3, -0.25) is 0 Å². The fourth-order valence-corrected chi connectivity index (χ4v) is 8.23. The smallest absolute Gasteiger partial charge is 0.135 e. The van der Waals surface area contributed by atoms with Gasteiger partial charge in [-0.2, -0.15) is 0 Å². The lowest BCUT2D eigenvalue weighted by atomic mass is 10.0. The molecule has 0 bridgehead atoms. The van der Waals surface area contributed by atoms with E-state index in [2.05, 4.69) is 179 Å². The van der Waals surface area contributed by atoms with Gasteiger partial charge in [0.15, 0.2) is 0 Å². The topological polar surface area (TPSA) is 23.0 Å². The zero-order valence-electron chi connectivity index (χ0n) is 29.6. The first-order valence-electron chi connectivity index (χ1n) is 18.4. The van der Waals surface area contributed by atoms with Crippen LogP contribution in [0.25, 0.3) is 99.2 Å². The number of fused-ring (bicyclic) bond motifs is 9. The van der Waals surface area contributed by atoms with Crippen molar-refractivity contribution in [1.29, 1.82) is 0 Å². The van der Waals surface area contributed by atoms with Gasteiger partial charge in [0.1, 0.15) is 11.2 Å². The van der Waals surface area contributed by atoms with Gasteiger partial charge in [-0.1, -0.05) is 129 Å². The molecular formula is C50H36N2O. The van der Waals surface area contributed by atoms with Crippen molar-refractivity contribution in [2.75, 3.05) is 0 Å². The predicted molar refractivity (Wildman–Crippen MR) is 225 cm³/mol. The molecule has 0 saturated carbocycles. The van der Waals surface area contributed by atoms with E-state index in [0.717, 1.165) is 27.6 Å². The summed E-state index contributed by atoms with van der Waals surface area (Å²) in [6, 6.07) is 65.6. The van der Waals surface area contributed by atoms with Crippen LogP contribution >= 0.6 is 0 Å². The lowest BCUT2D eigenvalue weighted by molar-refractivity contribution is 0.669. The first kappa shape index (κ1) is 30.9. The second kappa shape index (κ2) is 12.4. The standard InChI is InChI=1S/C48H30N2O.C2H6/c1-2-12-31(13-3-1)35-14-4-8-18-42(35)50-44-20-10-6-16-37(44)40-29-33(23-26-46(40)50)32-22-25-45-39(28-32)36-15-5-9-19-43(36)49(45)34-24-27-48-41(30-34)38-17-7-11-21-47(38)51-48;1-2/h1-30H;1-2H3. The highest BCUT2D eigenvalue weighted by molar-refractivity contribution is 6.13. The third-order valence-electron chi connectivity index (χ3n) is 10.5. The highest BCUT2D eigenvalue weighted by Crippen LogP contribution is 2.40. The molecule has 3 nitrogen and oxygen atoms in total. The van der Waals surface area contributed by atoms with Crippen LogP contribution in [-0.4, -0.2) is 9.13 Å². The number of aromatic nitrogens is 2. The molecule has 3 aromatic heterocycles. The molecule has 0 amide bonds. The molecule has 11 rings (SSSR count). The number of rotatable bonds is 4. The van der Waals surface area contributed by atoms with Gasteiger partial charge in [0.25, 0.3) is 0 Å². The minimum atomic E-state index is 0.906. The Kier molecular flexibility index (Phi) is 7.26. The molecule has 0 aliphatic carbocycles. The quantitative estimate of drug-likeness (QED) is 0.181.